The predicted octanol–water partition coefficient (Wildman–Crippen LogP) is 2.90. The lowest BCUT2D eigenvalue weighted by Gasteiger charge is -2.36. The van der Waals surface area contributed by atoms with Gasteiger partial charge in [0.25, 0.3) is 0 Å². The first kappa shape index (κ1) is 25.8. The molecule has 6 atom stereocenters. The van der Waals surface area contributed by atoms with Crippen LogP contribution in [0.1, 0.15) is 47.0 Å². The van der Waals surface area contributed by atoms with E-state index in [0.29, 0.717) is 18.5 Å². The molecule has 8 nitrogen and oxygen atoms in total. The summed E-state index contributed by atoms with van der Waals surface area (Å²) in [4.78, 5) is 44.3. The van der Waals surface area contributed by atoms with Crippen LogP contribution >= 0.6 is 11.8 Å². The molecule has 1 aromatic carbocycles. The molecule has 35 heavy (non-hydrogen) atoms. The quantitative estimate of drug-likeness (QED) is 0.474. The number of aliphatic hydroxyl groups excluding tert-OH is 1. The van der Waals surface area contributed by atoms with Crippen molar-refractivity contribution in [1.82, 2.24) is 4.90 Å². The average Bonchev–Trinajstić information content (AvgIpc) is 3.50. The second-order valence-corrected chi connectivity index (χ2v) is 11.1. The molecule has 9 heteroatoms. The minimum atomic E-state index is -0.756. The monoisotopic (exact) mass is 503 g/mol. The first-order valence-corrected chi connectivity index (χ1v) is 13.7. The van der Waals surface area contributed by atoms with E-state index in [0.717, 1.165) is 25.2 Å². The molecule has 2 N–H and O–H groups in total. The molecule has 192 valence electrons. The average molecular weight is 504 g/mol. The molecule has 4 rings (SSSR count). The van der Waals surface area contributed by atoms with Crippen LogP contribution in [0.4, 0.5) is 11.4 Å². The van der Waals surface area contributed by atoms with Crippen LogP contribution in [0.15, 0.2) is 24.3 Å². The molecule has 1 spiro atoms. The van der Waals surface area contributed by atoms with Crippen molar-refractivity contribution in [1.29, 1.82) is 0 Å². The highest BCUT2D eigenvalue weighted by molar-refractivity contribution is 8.02. The number of aliphatic hydroxyl groups is 1. The summed E-state index contributed by atoms with van der Waals surface area (Å²) in [6.07, 6.45) is 1.97. The minimum absolute atomic E-state index is 0.0250. The number of hydrogen-bond donors (Lipinski definition) is 2. The summed E-state index contributed by atoms with van der Waals surface area (Å²) in [5, 5.41) is 13.1. The van der Waals surface area contributed by atoms with Crippen molar-refractivity contribution in [3.63, 3.8) is 0 Å². The Labute approximate surface area is 211 Å². The Morgan fingerprint density at radius 1 is 1.23 bits per heavy atom. The van der Waals surface area contributed by atoms with E-state index in [1.54, 1.807) is 23.6 Å². The molecule has 2 amide bonds. The summed E-state index contributed by atoms with van der Waals surface area (Å²) in [6.45, 7) is 9.67. The third kappa shape index (κ3) is 4.20. The second-order valence-electron chi connectivity index (χ2n) is 9.51. The highest BCUT2D eigenvalue weighted by Gasteiger charge is 2.74. The van der Waals surface area contributed by atoms with E-state index in [4.69, 9.17) is 4.74 Å². The first-order valence-electron chi connectivity index (χ1n) is 12.8. The number of thioether (sulfide) groups is 1. The summed E-state index contributed by atoms with van der Waals surface area (Å²) in [7, 11) is 0. The zero-order chi connectivity index (χ0) is 25.3. The standard InChI is InChI=1S/C26H37N3O5S/c1-5-17(15-30)29-22(23(31)27-16-9-11-18(12-10-16)28(6-2)7-3)26-14-13-19(35-26)20(21(26)24(29)32)25(33)34-8-4/h9-12,17,19-22,30H,5-8,13-15H2,1-4H3,(H,27,31)/t17-,19+,20-,21-,22?,26?/m0/s1. The van der Waals surface area contributed by atoms with Gasteiger partial charge in [0.1, 0.15) is 6.04 Å². The number of amides is 2. The van der Waals surface area contributed by atoms with Crippen LogP contribution in [0.25, 0.3) is 0 Å². The third-order valence-electron chi connectivity index (χ3n) is 7.88. The second kappa shape index (κ2) is 10.4. The highest BCUT2D eigenvalue weighted by atomic mass is 32.2. The molecular weight excluding hydrogens is 466 g/mol. The van der Waals surface area contributed by atoms with Crippen LogP contribution in [-0.2, 0) is 19.1 Å². The van der Waals surface area contributed by atoms with Crippen molar-refractivity contribution < 1.29 is 24.2 Å². The molecule has 3 heterocycles. The topological polar surface area (TPSA) is 99.2 Å². The summed E-state index contributed by atoms with van der Waals surface area (Å²) in [6, 6.07) is 6.49. The Kier molecular flexibility index (Phi) is 7.66. The van der Waals surface area contributed by atoms with Crippen molar-refractivity contribution in [2.24, 2.45) is 11.8 Å². The van der Waals surface area contributed by atoms with E-state index < -0.39 is 28.7 Å². The number of fused-ring (bicyclic) bond motifs is 1. The molecule has 2 unspecified atom stereocenters. The van der Waals surface area contributed by atoms with Crippen molar-refractivity contribution in [3.05, 3.63) is 24.3 Å². The van der Waals surface area contributed by atoms with Crippen LogP contribution in [0, 0.1) is 11.8 Å². The smallest absolute Gasteiger partial charge is 0.310 e. The van der Waals surface area contributed by atoms with Gasteiger partial charge in [0, 0.05) is 29.7 Å². The van der Waals surface area contributed by atoms with Crippen molar-refractivity contribution >= 4 is 40.9 Å². The Hall–Kier alpha value is -2.26. The van der Waals surface area contributed by atoms with Gasteiger partial charge in [0.05, 0.1) is 35.8 Å². The molecule has 0 saturated carbocycles. The predicted molar refractivity (Wildman–Crippen MR) is 137 cm³/mol. The summed E-state index contributed by atoms with van der Waals surface area (Å²) >= 11 is 1.60. The van der Waals surface area contributed by atoms with E-state index in [9.17, 15) is 19.5 Å². The molecule has 3 saturated heterocycles. The molecule has 1 aromatic rings. The van der Waals surface area contributed by atoms with Gasteiger partial charge < -0.3 is 25.0 Å². The number of carbonyl (C=O) groups excluding carboxylic acids is 3. The van der Waals surface area contributed by atoms with Gasteiger partial charge in [-0.2, -0.15) is 0 Å². The van der Waals surface area contributed by atoms with Gasteiger partial charge in [-0.05, 0) is 64.3 Å². The first-order chi connectivity index (χ1) is 16.9. The third-order valence-corrected chi connectivity index (χ3v) is 9.84. The van der Waals surface area contributed by atoms with Crippen molar-refractivity contribution in [2.75, 3.05) is 36.5 Å². The number of ether oxygens (including phenoxy) is 1. The fraction of sp³-hybridized carbons (Fsp3) is 0.654. The molecule has 0 aromatic heterocycles. The number of hydrogen-bond acceptors (Lipinski definition) is 7. The SMILES string of the molecule is CCOC(=O)[C@@H]1[C@H]2C(=O)N([C@@H](CC)CO)C(C(=O)Nc3ccc(N(CC)CC)cc3)C23CC[C@H]1S3. The van der Waals surface area contributed by atoms with Crippen molar-refractivity contribution in [2.45, 2.75) is 69.0 Å². The molecule has 3 fully saturated rings. The Bertz CT molecular complexity index is 949. The lowest BCUT2D eigenvalue weighted by molar-refractivity contribution is -0.154. The number of nitrogens with one attached hydrogen (secondary N) is 1. The van der Waals surface area contributed by atoms with Crippen LogP contribution in [0.2, 0.25) is 0 Å². The zero-order valence-corrected chi connectivity index (χ0v) is 21.8. The molecule has 2 bridgehead atoms. The van der Waals surface area contributed by atoms with E-state index in [1.165, 1.54) is 0 Å². The number of nitrogens with zero attached hydrogens (tertiary/aromatic N) is 2. The minimum Gasteiger partial charge on any atom is -0.466 e. The van der Waals surface area contributed by atoms with Gasteiger partial charge in [-0.1, -0.05) is 6.92 Å². The lowest BCUT2D eigenvalue weighted by atomic mass is 9.71. The largest absolute Gasteiger partial charge is 0.466 e. The van der Waals surface area contributed by atoms with E-state index in [-0.39, 0.29) is 36.2 Å². The molecule has 0 aliphatic carbocycles. The summed E-state index contributed by atoms with van der Waals surface area (Å²) in [5.41, 5.74) is 1.74. The number of esters is 1. The number of carbonyl (C=O) groups is 3. The normalized spacial score (nSPS) is 29.7. The van der Waals surface area contributed by atoms with Crippen LogP contribution in [0.3, 0.4) is 0 Å². The van der Waals surface area contributed by atoms with Gasteiger partial charge in [0.2, 0.25) is 11.8 Å². The number of likely N-dealkylation sites (tertiary alicyclic amines) is 1. The fourth-order valence-corrected chi connectivity index (χ4v) is 8.45. The number of anilines is 2. The Morgan fingerprint density at radius 2 is 1.91 bits per heavy atom. The maximum Gasteiger partial charge on any atom is 0.310 e. The van der Waals surface area contributed by atoms with Crippen LogP contribution < -0.4 is 10.2 Å². The number of benzene rings is 1. The summed E-state index contributed by atoms with van der Waals surface area (Å²) < 4.78 is 4.66. The Morgan fingerprint density at radius 3 is 2.49 bits per heavy atom. The van der Waals surface area contributed by atoms with E-state index in [1.807, 2.05) is 31.2 Å². The molecule has 3 aliphatic rings. The van der Waals surface area contributed by atoms with E-state index in [2.05, 4.69) is 24.1 Å². The van der Waals surface area contributed by atoms with Gasteiger partial charge in [0.15, 0.2) is 0 Å². The molecule has 0 radical (unpaired) electrons. The van der Waals surface area contributed by atoms with Crippen LogP contribution in [-0.4, -0.2) is 76.2 Å². The maximum absolute atomic E-state index is 13.8. The zero-order valence-electron chi connectivity index (χ0n) is 21.0. The van der Waals surface area contributed by atoms with Gasteiger partial charge in [-0.3, -0.25) is 14.4 Å². The van der Waals surface area contributed by atoms with Gasteiger partial charge >= 0.3 is 5.97 Å². The fourth-order valence-electron chi connectivity index (χ4n) is 6.26. The van der Waals surface area contributed by atoms with Crippen molar-refractivity contribution in [3.8, 4) is 0 Å². The maximum atomic E-state index is 13.8. The van der Waals surface area contributed by atoms with Gasteiger partial charge in [-0.25, -0.2) is 0 Å². The highest BCUT2D eigenvalue weighted by Crippen LogP contribution is 2.66. The van der Waals surface area contributed by atoms with E-state index >= 15 is 0 Å². The van der Waals surface area contributed by atoms with Crippen LogP contribution in [0.5, 0.6) is 0 Å². The molecule has 3 aliphatic heterocycles. The molecular formula is C26H37N3O5S. The summed E-state index contributed by atoms with van der Waals surface area (Å²) in [5.74, 6) is -1.98. The van der Waals surface area contributed by atoms with Gasteiger partial charge in [-0.15, -0.1) is 11.8 Å². The lowest BCUT2D eigenvalue weighted by Crippen LogP contribution is -2.54. The number of rotatable bonds is 10. The Balaban J connectivity index is 1.65.